The maximum absolute atomic E-state index is 13.9. The minimum Gasteiger partial charge on any atom is -0.488 e. The van der Waals surface area contributed by atoms with Crippen LogP contribution in [-0.2, 0) is 13.2 Å². The molecule has 1 N–H and O–H groups in total. The highest BCUT2D eigenvalue weighted by molar-refractivity contribution is 5.87. The number of halogens is 1. The van der Waals surface area contributed by atoms with Gasteiger partial charge in [0.05, 0.1) is 0 Å². The van der Waals surface area contributed by atoms with Crippen molar-refractivity contribution in [2.45, 2.75) is 45.8 Å². The molecule has 142 valence electrons. The highest BCUT2D eigenvalue weighted by Gasteiger charge is 2.10. The summed E-state index contributed by atoms with van der Waals surface area (Å²) in [5, 5.41) is 5.93. The zero-order valence-corrected chi connectivity index (χ0v) is 16.0. The molecular weight excluding hydrogens is 337 g/mol. The quantitative estimate of drug-likeness (QED) is 0.430. The van der Waals surface area contributed by atoms with Crippen LogP contribution in [0.5, 0.6) is 5.75 Å². The van der Waals surface area contributed by atoms with Gasteiger partial charge >= 0.3 is 0 Å². The maximum atomic E-state index is 13.9. The molecule has 0 saturated heterocycles. The van der Waals surface area contributed by atoms with Gasteiger partial charge in [0.25, 0.3) is 0 Å². The van der Waals surface area contributed by atoms with Gasteiger partial charge in [-0.3, -0.25) is 0 Å². The van der Waals surface area contributed by atoms with Crippen molar-refractivity contribution in [1.82, 2.24) is 5.32 Å². The number of ether oxygens (including phenoxy) is 1. The standard InChI is InChI=1S/C24H28FNO/c1-2-3-4-9-16-26-17-22-21-12-7-5-10-19(21)14-15-24(22)27-18-20-11-6-8-13-23(20)25/h5-8,10-15,26H,2-4,9,16-18H2,1H3. The molecule has 0 aliphatic heterocycles. The fraction of sp³-hybridized carbons (Fsp3) is 0.333. The van der Waals surface area contributed by atoms with Crippen molar-refractivity contribution in [1.29, 1.82) is 0 Å². The number of fused-ring (bicyclic) bond motifs is 1. The van der Waals surface area contributed by atoms with Gasteiger partial charge in [0.15, 0.2) is 0 Å². The molecule has 0 aliphatic carbocycles. The van der Waals surface area contributed by atoms with Crippen LogP contribution in [0, 0.1) is 5.82 Å². The molecule has 27 heavy (non-hydrogen) atoms. The fourth-order valence-electron chi connectivity index (χ4n) is 3.29. The lowest BCUT2D eigenvalue weighted by atomic mass is 10.0. The minimum atomic E-state index is -0.228. The maximum Gasteiger partial charge on any atom is 0.129 e. The number of hydrogen-bond donors (Lipinski definition) is 1. The Bertz CT molecular complexity index is 862. The summed E-state index contributed by atoms with van der Waals surface area (Å²) in [6.45, 7) is 4.20. The minimum absolute atomic E-state index is 0.228. The average molecular weight is 365 g/mol. The molecule has 0 atom stereocenters. The van der Waals surface area contributed by atoms with Crippen LogP contribution in [0.15, 0.2) is 60.7 Å². The zero-order valence-electron chi connectivity index (χ0n) is 16.0. The Labute approximate surface area is 161 Å². The molecule has 0 amide bonds. The summed E-state index contributed by atoms with van der Waals surface area (Å²) in [7, 11) is 0. The van der Waals surface area contributed by atoms with Gasteiger partial charge in [0.1, 0.15) is 18.2 Å². The van der Waals surface area contributed by atoms with Gasteiger partial charge in [-0.25, -0.2) is 4.39 Å². The van der Waals surface area contributed by atoms with E-state index in [1.165, 1.54) is 42.5 Å². The van der Waals surface area contributed by atoms with E-state index in [0.29, 0.717) is 5.56 Å². The van der Waals surface area contributed by atoms with E-state index in [-0.39, 0.29) is 12.4 Å². The van der Waals surface area contributed by atoms with E-state index >= 15 is 0 Å². The van der Waals surface area contributed by atoms with Crippen LogP contribution in [0.3, 0.4) is 0 Å². The van der Waals surface area contributed by atoms with E-state index in [1.54, 1.807) is 12.1 Å². The summed E-state index contributed by atoms with van der Waals surface area (Å²) >= 11 is 0. The van der Waals surface area contributed by atoms with E-state index < -0.39 is 0 Å². The molecule has 0 aromatic heterocycles. The van der Waals surface area contributed by atoms with Crippen molar-refractivity contribution in [3.8, 4) is 5.75 Å². The second-order valence-corrected chi connectivity index (χ2v) is 6.88. The summed E-state index contributed by atoms with van der Waals surface area (Å²) in [5.41, 5.74) is 1.71. The number of unbranched alkanes of at least 4 members (excludes halogenated alkanes) is 3. The van der Waals surface area contributed by atoms with Gasteiger partial charge in [0.2, 0.25) is 0 Å². The molecule has 3 aromatic carbocycles. The Morgan fingerprint density at radius 1 is 0.889 bits per heavy atom. The third kappa shape index (κ3) is 5.30. The SMILES string of the molecule is CCCCCCNCc1c(OCc2ccccc2F)ccc2ccccc12. The first kappa shape index (κ1) is 19.4. The molecule has 0 bridgehead atoms. The Morgan fingerprint density at radius 3 is 2.56 bits per heavy atom. The predicted molar refractivity (Wildman–Crippen MR) is 111 cm³/mol. The topological polar surface area (TPSA) is 21.3 Å². The Morgan fingerprint density at radius 2 is 1.70 bits per heavy atom. The van der Waals surface area contributed by atoms with Gasteiger partial charge in [-0.1, -0.05) is 74.7 Å². The molecule has 0 heterocycles. The van der Waals surface area contributed by atoms with Crippen LogP contribution in [0.1, 0.15) is 43.7 Å². The highest BCUT2D eigenvalue weighted by atomic mass is 19.1. The molecule has 2 nitrogen and oxygen atoms in total. The first-order chi connectivity index (χ1) is 13.3. The van der Waals surface area contributed by atoms with Crippen molar-refractivity contribution < 1.29 is 9.13 Å². The molecule has 0 unspecified atom stereocenters. The summed E-state index contributed by atoms with van der Waals surface area (Å²) < 4.78 is 19.9. The van der Waals surface area contributed by atoms with Crippen LogP contribution in [-0.4, -0.2) is 6.54 Å². The summed E-state index contributed by atoms with van der Waals surface area (Å²) in [6.07, 6.45) is 4.98. The van der Waals surface area contributed by atoms with Crippen LogP contribution in [0.25, 0.3) is 10.8 Å². The van der Waals surface area contributed by atoms with Crippen LogP contribution in [0.2, 0.25) is 0 Å². The van der Waals surface area contributed by atoms with Crippen LogP contribution in [0.4, 0.5) is 4.39 Å². The lowest BCUT2D eigenvalue weighted by Gasteiger charge is -2.15. The molecule has 0 aliphatic rings. The molecule has 0 spiro atoms. The van der Waals surface area contributed by atoms with E-state index in [2.05, 4.69) is 30.4 Å². The second-order valence-electron chi connectivity index (χ2n) is 6.88. The van der Waals surface area contributed by atoms with Crippen molar-refractivity contribution in [3.05, 3.63) is 77.6 Å². The van der Waals surface area contributed by atoms with Crippen LogP contribution >= 0.6 is 0 Å². The summed E-state index contributed by atoms with van der Waals surface area (Å²) in [4.78, 5) is 0. The number of hydrogen-bond acceptors (Lipinski definition) is 2. The van der Waals surface area contributed by atoms with Crippen molar-refractivity contribution in [3.63, 3.8) is 0 Å². The zero-order chi connectivity index (χ0) is 18.9. The monoisotopic (exact) mass is 365 g/mol. The van der Waals surface area contributed by atoms with Crippen LogP contribution < -0.4 is 10.1 Å². The Balaban J connectivity index is 1.74. The van der Waals surface area contributed by atoms with E-state index in [0.717, 1.165) is 24.4 Å². The van der Waals surface area contributed by atoms with E-state index in [9.17, 15) is 4.39 Å². The number of rotatable bonds is 10. The largest absolute Gasteiger partial charge is 0.488 e. The molecule has 3 heteroatoms. The normalized spacial score (nSPS) is 11.0. The molecule has 0 radical (unpaired) electrons. The summed E-state index contributed by atoms with van der Waals surface area (Å²) in [6, 6.07) is 19.2. The third-order valence-corrected chi connectivity index (χ3v) is 4.85. The Hall–Kier alpha value is -2.39. The lowest BCUT2D eigenvalue weighted by molar-refractivity contribution is 0.296. The van der Waals surface area contributed by atoms with Gasteiger partial charge in [-0.05, 0) is 35.9 Å². The molecule has 3 aromatic rings. The van der Waals surface area contributed by atoms with Gasteiger partial charge < -0.3 is 10.1 Å². The van der Waals surface area contributed by atoms with E-state index in [1.807, 2.05) is 24.3 Å². The predicted octanol–water partition coefficient (Wildman–Crippen LogP) is 6.23. The molecule has 0 fully saturated rings. The number of benzene rings is 3. The van der Waals surface area contributed by atoms with Crippen molar-refractivity contribution in [2.75, 3.05) is 6.54 Å². The summed E-state index contributed by atoms with van der Waals surface area (Å²) in [5.74, 6) is 0.590. The molecular formula is C24H28FNO. The lowest BCUT2D eigenvalue weighted by Crippen LogP contribution is -2.16. The third-order valence-electron chi connectivity index (χ3n) is 4.85. The smallest absolute Gasteiger partial charge is 0.129 e. The Kier molecular flexibility index (Phi) is 7.23. The van der Waals surface area contributed by atoms with Gasteiger partial charge in [-0.2, -0.15) is 0 Å². The molecule has 0 saturated carbocycles. The van der Waals surface area contributed by atoms with Crippen molar-refractivity contribution >= 4 is 10.8 Å². The number of nitrogens with one attached hydrogen (secondary N) is 1. The van der Waals surface area contributed by atoms with Gasteiger partial charge in [-0.15, -0.1) is 0 Å². The van der Waals surface area contributed by atoms with E-state index in [4.69, 9.17) is 4.74 Å². The molecule has 3 rings (SSSR count). The van der Waals surface area contributed by atoms with Crippen molar-refractivity contribution in [2.24, 2.45) is 0 Å². The first-order valence-electron chi connectivity index (χ1n) is 9.87. The second kappa shape index (κ2) is 10.1. The fourth-order valence-corrected chi connectivity index (χ4v) is 3.29. The highest BCUT2D eigenvalue weighted by Crippen LogP contribution is 2.29. The average Bonchev–Trinajstić information content (AvgIpc) is 2.70. The first-order valence-corrected chi connectivity index (χ1v) is 9.87. The van der Waals surface area contributed by atoms with Gasteiger partial charge in [0, 0.05) is 17.7 Å².